The van der Waals surface area contributed by atoms with E-state index < -0.39 is 5.97 Å². The van der Waals surface area contributed by atoms with Crippen molar-refractivity contribution in [2.45, 2.75) is 52.5 Å². The third-order valence-corrected chi connectivity index (χ3v) is 4.02. The van der Waals surface area contributed by atoms with E-state index in [1.165, 1.54) is 38.5 Å². The fourth-order valence-corrected chi connectivity index (χ4v) is 2.89. The first-order valence-corrected chi connectivity index (χ1v) is 7.29. The van der Waals surface area contributed by atoms with E-state index in [0.717, 1.165) is 18.0 Å². The molecule has 0 spiro atoms. The average Bonchev–Trinajstić information content (AvgIpc) is 2.45. The van der Waals surface area contributed by atoms with E-state index >= 15 is 0 Å². The topological polar surface area (TPSA) is 49.3 Å². The summed E-state index contributed by atoms with van der Waals surface area (Å²) in [6.07, 6.45) is 8.12. The second-order valence-electron chi connectivity index (χ2n) is 5.43. The Morgan fingerprint density at radius 2 is 1.86 bits per heavy atom. The minimum absolute atomic E-state index is 0. The maximum atomic E-state index is 11.1. The van der Waals surface area contributed by atoms with Crippen molar-refractivity contribution in [1.82, 2.24) is 5.32 Å². The molecule has 1 aliphatic carbocycles. The van der Waals surface area contributed by atoms with Crippen LogP contribution in [0, 0.1) is 5.92 Å². The van der Waals surface area contributed by atoms with Crippen molar-refractivity contribution in [3.8, 4) is 0 Å². The predicted octanol–water partition coefficient (Wildman–Crippen LogP) is 4.50. The van der Waals surface area contributed by atoms with E-state index in [2.05, 4.69) is 5.32 Å². The van der Waals surface area contributed by atoms with Gasteiger partial charge in [-0.15, -0.1) is 12.4 Å². The van der Waals surface area contributed by atoms with Gasteiger partial charge < -0.3 is 10.4 Å². The first kappa shape index (κ1) is 19.9. The van der Waals surface area contributed by atoms with E-state index in [1.54, 1.807) is 12.1 Å². The molecule has 0 heterocycles. The van der Waals surface area contributed by atoms with Crippen LogP contribution in [-0.2, 0) is 6.54 Å². The van der Waals surface area contributed by atoms with Crippen LogP contribution in [0.1, 0.15) is 61.9 Å². The standard InChI is InChI=1S/C16H23NO2.CH4.ClH/c18-16(19)15-9-5-4-8-14(15)12-17-11-10-13-6-2-1-3-7-13;;/h4-5,8-9,13,17H,1-3,6-7,10-12H2,(H,18,19);1H4;1H. The van der Waals surface area contributed by atoms with Crippen LogP contribution in [0.25, 0.3) is 0 Å². The molecular formula is C17H28ClNO2. The molecule has 0 radical (unpaired) electrons. The summed E-state index contributed by atoms with van der Waals surface area (Å²) in [5.41, 5.74) is 1.28. The number of hydrogen-bond donors (Lipinski definition) is 2. The minimum atomic E-state index is -0.843. The van der Waals surface area contributed by atoms with Gasteiger partial charge in [-0.05, 0) is 30.5 Å². The number of carboxylic acids is 1. The average molecular weight is 314 g/mol. The summed E-state index contributed by atoms with van der Waals surface area (Å²) in [5.74, 6) is 0.0284. The molecule has 1 aliphatic rings. The monoisotopic (exact) mass is 313 g/mol. The Morgan fingerprint density at radius 3 is 2.52 bits per heavy atom. The van der Waals surface area contributed by atoms with Gasteiger partial charge in [0, 0.05) is 6.54 Å². The maximum Gasteiger partial charge on any atom is 0.336 e. The Hall–Kier alpha value is -1.06. The minimum Gasteiger partial charge on any atom is -0.478 e. The number of aromatic carboxylic acids is 1. The highest BCUT2D eigenvalue weighted by Gasteiger charge is 2.13. The van der Waals surface area contributed by atoms with Gasteiger partial charge in [-0.3, -0.25) is 0 Å². The van der Waals surface area contributed by atoms with Gasteiger partial charge in [0.25, 0.3) is 0 Å². The first-order chi connectivity index (χ1) is 9.27. The Kier molecular flexibility index (Phi) is 10.1. The molecule has 1 aromatic carbocycles. The number of nitrogens with one attached hydrogen (secondary N) is 1. The van der Waals surface area contributed by atoms with Crippen LogP contribution in [0.5, 0.6) is 0 Å². The number of benzene rings is 1. The van der Waals surface area contributed by atoms with Crippen LogP contribution in [0.4, 0.5) is 0 Å². The third-order valence-electron chi connectivity index (χ3n) is 4.02. The highest BCUT2D eigenvalue weighted by atomic mass is 35.5. The highest BCUT2D eigenvalue weighted by molar-refractivity contribution is 5.89. The molecule has 2 N–H and O–H groups in total. The molecule has 0 bridgehead atoms. The number of carbonyl (C=O) groups is 1. The van der Waals surface area contributed by atoms with Gasteiger partial charge in [-0.2, -0.15) is 0 Å². The molecule has 120 valence electrons. The van der Waals surface area contributed by atoms with E-state index in [-0.39, 0.29) is 19.8 Å². The first-order valence-electron chi connectivity index (χ1n) is 7.29. The fraction of sp³-hybridized carbons (Fsp3) is 0.588. The number of halogens is 1. The molecular weight excluding hydrogens is 286 g/mol. The molecule has 2 rings (SSSR count). The van der Waals surface area contributed by atoms with Gasteiger partial charge in [-0.25, -0.2) is 4.79 Å². The summed E-state index contributed by atoms with van der Waals surface area (Å²) >= 11 is 0. The molecule has 1 fully saturated rings. The van der Waals surface area contributed by atoms with E-state index in [9.17, 15) is 4.79 Å². The summed E-state index contributed by atoms with van der Waals surface area (Å²) in [6, 6.07) is 7.22. The van der Waals surface area contributed by atoms with Crippen LogP contribution >= 0.6 is 12.4 Å². The van der Waals surface area contributed by atoms with Crippen LogP contribution in [0.2, 0.25) is 0 Å². The Bertz CT molecular complexity index is 417. The lowest BCUT2D eigenvalue weighted by molar-refractivity contribution is 0.0695. The molecule has 4 heteroatoms. The molecule has 0 atom stereocenters. The summed E-state index contributed by atoms with van der Waals surface area (Å²) in [5, 5.41) is 12.5. The van der Waals surface area contributed by atoms with E-state index in [0.29, 0.717) is 12.1 Å². The second-order valence-corrected chi connectivity index (χ2v) is 5.43. The van der Waals surface area contributed by atoms with Crippen molar-refractivity contribution in [2.75, 3.05) is 6.54 Å². The van der Waals surface area contributed by atoms with Gasteiger partial charge in [0.1, 0.15) is 0 Å². The van der Waals surface area contributed by atoms with Gasteiger partial charge in [0.15, 0.2) is 0 Å². The Morgan fingerprint density at radius 1 is 1.19 bits per heavy atom. The number of hydrogen-bond acceptors (Lipinski definition) is 2. The lowest BCUT2D eigenvalue weighted by Gasteiger charge is -2.21. The largest absolute Gasteiger partial charge is 0.478 e. The van der Waals surface area contributed by atoms with Crippen molar-refractivity contribution in [2.24, 2.45) is 5.92 Å². The highest BCUT2D eigenvalue weighted by Crippen LogP contribution is 2.25. The maximum absolute atomic E-state index is 11.1. The smallest absolute Gasteiger partial charge is 0.336 e. The van der Waals surface area contributed by atoms with E-state index in [4.69, 9.17) is 5.11 Å². The van der Waals surface area contributed by atoms with Gasteiger partial charge in [0.2, 0.25) is 0 Å². The second kappa shape index (κ2) is 10.6. The fourth-order valence-electron chi connectivity index (χ4n) is 2.89. The van der Waals surface area contributed by atoms with Crippen LogP contribution < -0.4 is 5.32 Å². The molecule has 0 saturated heterocycles. The lowest BCUT2D eigenvalue weighted by Crippen LogP contribution is -2.20. The van der Waals surface area contributed by atoms with Crippen molar-refractivity contribution in [3.63, 3.8) is 0 Å². The summed E-state index contributed by atoms with van der Waals surface area (Å²) in [4.78, 5) is 11.1. The van der Waals surface area contributed by atoms with E-state index in [1.807, 2.05) is 12.1 Å². The zero-order valence-corrected chi connectivity index (χ0v) is 12.6. The predicted molar refractivity (Wildman–Crippen MR) is 90.3 cm³/mol. The van der Waals surface area contributed by atoms with Gasteiger partial charge in [-0.1, -0.05) is 57.7 Å². The molecule has 1 saturated carbocycles. The molecule has 0 aromatic heterocycles. The SMILES string of the molecule is C.Cl.O=C(O)c1ccccc1CNCCC1CCCCC1. The van der Waals surface area contributed by atoms with Crippen LogP contribution in [-0.4, -0.2) is 17.6 Å². The summed E-state index contributed by atoms with van der Waals surface area (Å²) < 4.78 is 0. The summed E-state index contributed by atoms with van der Waals surface area (Å²) in [6.45, 7) is 1.63. The molecule has 21 heavy (non-hydrogen) atoms. The van der Waals surface area contributed by atoms with Crippen molar-refractivity contribution >= 4 is 18.4 Å². The van der Waals surface area contributed by atoms with Crippen LogP contribution in [0.15, 0.2) is 24.3 Å². The Labute approximate surface area is 134 Å². The Balaban J connectivity index is 0.00000200. The molecule has 0 unspecified atom stereocenters. The molecule has 3 nitrogen and oxygen atoms in total. The number of rotatable bonds is 6. The summed E-state index contributed by atoms with van der Waals surface area (Å²) in [7, 11) is 0. The quantitative estimate of drug-likeness (QED) is 0.760. The van der Waals surface area contributed by atoms with Gasteiger partial charge >= 0.3 is 5.97 Å². The zero-order chi connectivity index (χ0) is 13.5. The zero-order valence-electron chi connectivity index (χ0n) is 11.8. The van der Waals surface area contributed by atoms with Crippen molar-refractivity contribution in [3.05, 3.63) is 35.4 Å². The lowest BCUT2D eigenvalue weighted by atomic mass is 9.87. The van der Waals surface area contributed by atoms with Crippen molar-refractivity contribution < 1.29 is 9.90 Å². The molecule has 0 amide bonds. The third kappa shape index (κ3) is 6.49. The van der Waals surface area contributed by atoms with Crippen LogP contribution in [0.3, 0.4) is 0 Å². The number of carboxylic acid groups (broad SMARTS) is 1. The van der Waals surface area contributed by atoms with Gasteiger partial charge in [0.05, 0.1) is 5.56 Å². The molecule has 0 aliphatic heterocycles. The normalized spacial score (nSPS) is 14.9. The molecule has 1 aromatic rings. The van der Waals surface area contributed by atoms with Crippen molar-refractivity contribution in [1.29, 1.82) is 0 Å².